The average molecular weight is 221 g/mol. The number of hydrogen-bond acceptors (Lipinski definition) is 4. The van der Waals surface area contributed by atoms with E-state index in [1.54, 1.807) is 26.0 Å². The molecule has 0 aromatic carbocycles. The molecule has 0 aliphatic carbocycles. The Balaban J connectivity index is 3.79. The lowest BCUT2D eigenvalue weighted by atomic mass is 10.3. The zero-order valence-electron chi connectivity index (χ0n) is 9.20. The van der Waals surface area contributed by atoms with Crippen LogP contribution in [-0.4, -0.2) is 44.5 Å². The number of nitrogens with one attached hydrogen (secondary N) is 1. The van der Waals surface area contributed by atoms with E-state index in [1.807, 2.05) is 13.2 Å². The summed E-state index contributed by atoms with van der Waals surface area (Å²) in [4.78, 5) is 11.3. The zero-order valence-corrected chi connectivity index (χ0v) is 10.0. The Labute approximate surface area is 89.7 Å². The number of ether oxygens (including phenoxy) is 2. The molecule has 0 fully saturated rings. The van der Waals surface area contributed by atoms with E-state index < -0.39 is 0 Å². The van der Waals surface area contributed by atoms with Crippen LogP contribution in [0.1, 0.15) is 13.3 Å². The molecule has 0 aromatic heterocycles. The van der Waals surface area contributed by atoms with Crippen LogP contribution in [0, 0.1) is 0 Å². The van der Waals surface area contributed by atoms with E-state index in [0.29, 0.717) is 6.42 Å². The predicted octanol–water partition coefficient (Wildman–Crippen LogP) is 0.863. The molecular formula is C9H19NO3S. The summed E-state index contributed by atoms with van der Waals surface area (Å²) in [5.74, 6) is 0.870. The number of thioether (sulfide) groups is 1. The standard InChI is InChI=1S/C9H19NO3S/c1-7(9(12-2)13-3)10-8(11)5-6-14-4/h7,9H,5-6H2,1-4H3,(H,10,11). The van der Waals surface area contributed by atoms with Gasteiger partial charge in [0.25, 0.3) is 0 Å². The van der Waals surface area contributed by atoms with Gasteiger partial charge in [0.05, 0.1) is 6.04 Å². The van der Waals surface area contributed by atoms with Crippen LogP contribution in [0.25, 0.3) is 0 Å². The first-order chi connectivity index (χ1) is 6.65. The Kier molecular flexibility index (Phi) is 7.93. The Morgan fingerprint density at radius 2 is 2.00 bits per heavy atom. The second-order valence-electron chi connectivity index (χ2n) is 2.94. The molecule has 0 rings (SSSR count). The maximum Gasteiger partial charge on any atom is 0.221 e. The molecule has 1 N–H and O–H groups in total. The van der Waals surface area contributed by atoms with Gasteiger partial charge < -0.3 is 14.8 Å². The van der Waals surface area contributed by atoms with Crippen molar-refractivity contribution in [2.45, 2.75) is 25.7 Å². The van der Waals surface area contributed by atoms with Gasteiger partial charge in [-0.3, -0.25) is 4.79 Å². The van der Waals surface area contributed by atoms with E-state index in [4.69, 9.17) is 9.47 Å². The summed E-state index contributed by atoms with van der Waals surface area (Å²) in [6.07, 6.45) is 2.13. The molecule has 84 valence electrons. The second-order valence-corrected chi connectivity index (χ2v) is 3.92. The van der Waals surface area contributed by atoms with Crippen LogP contribution in [0.2, 0.25) is 0 Å². The van der Waals surface area contributed by atoms with Gasteiger partial charge in [-0.05, 0) is 13.2 Å². The highest BCUT2D eigenvalue weighted by molar-refractivity contribution is 7.98. The summed E-state index contributed by atoms with van der Waals surface area (Å²) in [6.45, 7) is 1.86. The fourth-order valence-electron chi connectivity index (χ4n) is 1.09. The van der Waals surface area contributed by atoms with Gasteiger partial charge in [-0.1, -0.05) is 0 Å². The Hall–Kier alpha value is -0.260. The van der Waals surface area contributed by atoms with Gasteiger partial charge in [0.15, 0.2) is 6.29 Å². The van der Waals surface area contributed by atoms with Crippen molar-refractivity contribution in [1.82, 2.24) is 5.32 Å². The molecule has 4 nitrogen and oxygen atoms in total. The lowest BCUT2D eigenvalue weighted by Crippen LogP contribution is -2.43. The van der Waals surface area contributed by atoms with Gasteiger partial charge in [-0.15, -0.1) is 0 Å². The van der Waals surface area contributed by atoms with Gasteiger partial charge in [-0.2, -0.15) is 11.8 Å². The molecule has 5 heteroatoms. The Bertz CT molecular complexity index is 162. The van der Waals surface area contributed by atoms with Crippen molar-refractivity contribution in [3.05, 3.63) is 0 Å². The maximum atomic E-state index is 11.3. The van der Waals surface area contributed by atoms with Crippen LogP contribution in [0.4, 0.5) is 0 Å². The third-order valence-electron chi connectivity index (χ3n) is 1.79. The number of methoxy groups -OCH3 is 2. The lowest BCUT2D eigenvalue weighted by molar-refractivity contribution is -0.135. The van der Waals surface area contributed by atoms with E-state index in [-0.39, 0.29) is 18.2 Å². The van der Waals surface area contributed by atoms with Crippen molar-refractivity contribution in [3.8, 4) is 0 Å². The SMILES string of the molecule is COC(OC)C(C)NC(=O)CCSC. The van der Waals surface area contributed by atoms with Crippen molar-refractivity contribution < 1.29 is 14.3 Å². The fraction of sp³-hybridized carbons (Fsp3) is 0.889. The molecule has 1 atom stereocenters. The molecular weight excluding hydrogens is 202 g/mol. The maximum absolute atomic E-state index is 11.3. The van der Waals surface area contributed by atoms with Crippen molar-refractivity contribution in [2.75, 3.05) is 26.2 Å². The van der Waals surface area contributed by atoms with Crippen molar-refractivity contribution in [3.63, 3.8) is 0 Å². The van der Waals surface area contributed by atoms with Crippen LogP contribution in [0.3, 0.4) is 0 Å². The molecule has 0 aliphatic heterocycles. The second kappa shape index (κ2) is 8.08. The van der Waals surface area contributed by atoms with Crippen molar-refractivity contribution >= 4 is 17.7 Å². The van der Waals surface area contributed by atoms with Crippen molar-refractivity contribution in [1.29, 1.82) is 0 Å². The summed E-state index contributed by atoms with van der Waals surface area (Å²) in [5, 5.41) is 2.81. The minimum atomic E-state index is -0.381. The summed E-state index contributed by atoms with van der Waals surface area (Å²) >= 11 is 1.65. The first kappa shape index (κ1) is 13.7. The van der Waals surface area contributed by atoms with E-state index >= 15 is 0 Å². The van der Waals surface area contributed by atoms with Gasteiger partial charge in [0.1, 0.15) is 0 Å². The van der Waals surface area contributed by atoms with E-state index in [0.717, 1.165) is 5.75 Å². The van der Waals surface area contributed by atoms with E-state index in [9.17, 15) is 4.79 Å². The molecule has 0 bridgehead atoms. The van der Waals surface area contributed by atoms with Gasteiger partial charge >= 0.3 is 0 Å². The van der Waals surface area contributed by atoms with Crippen LogP contribution < -0.4 is 5.32 Å². The number of amides is 1. The minimum Gasteiger partial charge on any atom is -0.354 e. The van der Waals surface area contributed by atoms with E-state index in [1.165, 1.54) is 0 Å². The lowest BCUT2D eigenvalue weighted by Gasteiger charge is -2.21. The zero-order chi connectivity index (χ0) is 11.0. The normalized spacial score (nSPS) is 12.9. The molecule has 0 saturated carbocycles. The van der Waals surface area contributed by atoms with Crippen LogP contribution in [0.5, 0.6) is 0 Å². The quantitative estimate of drug-likeness (QED) is 0.648. The monoisotopic (exact) mass is 221 g/mol. The summed E-state index contributed by atoms with van der Waals surface area (Å²) in [6, 6.07) is -0.126. The molecule has 0 aliphatic rings. The van der Waals surface area contributed by atoms with Gasteiger partial charge in [0, 0.05) is 26.4 Å². The molecule has 0 spiro atoms. The largest absolute Gasteiger partial charge is 0.354 e. The number of carbonyl (C=O) groups excluding carboxylic acids is 1. The molecule has 0 radical (unpaired) electrons. The van der Waals surface area contributed by atoms with Crippen LogP contribution in [-0.2, 0) is 14.3 Å². The van der Waals surface area contributed by atoms with Gasteiger partial charge in [0.2, 0.25) is 5.91 Å². The first-order valence-electron chi connectivity index (χ1n) is 4.49. The Morgan fingerprint density at radius 1 is 1.43 bits per heavy atom. The predicted molar refractivity (Wildman–Crippen MR) is 58.4 cm³/mol. The number of rotatable bonds is 7. The molecule has 0 aromatic rings. The van der Waals surface area contributed by atoms with Crippen LogP contribution >= 0.6 is 11.8 Å². The third kappa shape index (κ3) is 5.47. The van der Waals surface area contributed by atoms with Crippen LogP contribution in [0.15, 0.2) is 0 Å². The smallest absolute Gasteiger partial charge is 0.221 e. The summed E-state index contributed by atoms with van der Waals surface area (Å²) < 4.78 is 10.0. The summed E-state index contributed by atoms with van der Waals surface area (Å²) in [7, 11) is 3.11. The fourth-order valence-corrected chi connectivity index (χ4v) is 1.48. The topological polar surface area (TPSA) is 47.6 Å². The highest BCUT2D eigenvalue weighted by atomic mass is 32.2. The molecule has 1 unspecified atom stereocenters. The molecule has 14 heavy (non-hydrogen) atoms. The van der Waals surface area contributed by atoms with E-state index in [2.05, 4.69) is 5.32 Å². The number of carbonyl (C=O) groups is 1. The average Bonchev–Trinajstić information content (AvgIpc) is 2.16. The first-order valence-corrected chi connectivity index (χ1v) is 5.89. The highest BCUT2D eigenvalue weighted by Gasteiger charge is 2.17. The van der Waals surface area contributed by atoms with Crippen molar-refractivity contribution in [2.24, 2.45) is 0 Å². The Morgan fingerprint density at radius 3 is 2.43 bits per heavy atom. The molecule has 0 saturated heterocycles. The third-order valence-corrected chi connectivity index (χ3v) is 2.41. The highest BCUT2D eigenvalue weighted by Crippen LogP contribution is 2.00. The molecule has 1 amide bonds. The van der Waals surface area contributed by atoms with Gasteiger partial charge in [-0.25, -0.2) is 0 Å². The minimum absolute atomic E-state index is 0.0333. The molecule has 0 heterocycles. The summed E-state index contributed by atoms with van der Waals surface area (Å²) in [5.41, 5.74) is 0. The number of hydrogen-bond donors (Lipinski definition) is 1.